The van der Waals surface area contributed by atoms with Crippen molar-refractivity contribution in [3.05, 3.63) is 89.3 Å². The van der Waals surface area contributed by atoms with Crippen LogP contribution in [0.3, 0.4) is 0 Å². The highest BCUT2D eigenvalue weighted by Crippen LogP contribution is 2.31. The monoisotopic (exact) mass is 459 g/mol. The van der Waals surface area contributed by atoms with Gasteiger partial charge in [-0.05, 0) is 84.0 Å². The molecular formula is C32H32BO2. The van der Waals surface area contributed by atoms with Crippen molar-refractivity contribution in [1.29, 1.82) is 0 Å². The molecule has 0 amide bonds. The third-order valence-corrected chi connectivity index (χ3v) is 7.36. The molecule has 175 valence electrons. The van der Waals surface area contributed by atoms with Crippen LogP contribution in [0.4, 0.5) is 0 Å². The molecule has 1 aliphatic rings. The zero-order valence-electron chi connectivity index (χ0n) is 21.0. The SMILES string of the molecule is CC(C)(O)C(C)(C)O[B]c1ccc2c(-c3ccccc3)c3c(c(-c4ccccc4)c2c1)=CCCC=3. The minimum Gasteiger partial charge on any atom is -0.427 e. The summed E-state index contributed by atoms with van der Waals surface area (Å²) >= 11 is 0. The Labute approximate surface area is 208 Å². The molecule has 4 aromatic carbocycles. The second kappa shape index (κ2) is 9.15. The Hall–Kier alpha value is -3.14. The van der Waals surface area contributed by atoms with Crippen LogP contribution < -0.4 is 15.9 Å². The second-order valence-corrected chi connectivity index (χ2v) is 10.4. The Bertz CT molecular complexity index is 1480. The van der Waals surface area contributed by atoms with Crippen LogP contribution in [0, 0.1) is 0 Å². The molecule has 4 aromatic rings. The number of aliphatic hydroxyl groups is 1. The average Bonchev–Trinajstić information content (AvgIpc) is 2.86. The van der Waals surface area contributed by atoms with Crippen molar-refractivity contribution in [2.45, 2.75) is 51.7 Å². The molecule has 0 unspecified atom stereocenters. The first-order valence-electron chi connectivity index (χ1n) is 12.4. The van der Waals surface area contributed by atoms with Crippen LogP contribution in [-0.2, 0) is 4.65 Å². The van der Waals surface area contributed by atoms with E-state index in [0.717, 1.165) is 18.3 Å². The predicted molar refractivity (Wildman–Crippen MR) is 149 cm³/mol. The normalized spacial score (nSPS) is 13.6. The lowest BCUT2D eigenvalue weighted by Gasteiger charge is -2.37. The number of rotatable bonds is 6. The lowest BCUT2D eigenvalue weighted by molar-refractivity contribution is -0.0893. The van der Waals surface area contributed by atoms with Gasteiger partial charge < -0.3 is 9.76 Å². The van der Waals surface area contributed by atoms with Crippen LogP contribution in [0.2, 0.25) is 0 Å². The maximum Gasteiger partial charge on any atom is 0.330 e. The smallest absolute Gasteiger partial charge is 0.330 e. The molecular weight excluding hydrogens is 427 g/mol. The highest BCUT2D eigenvalue weighted by atomic mass is 16.5. The van der Waals surface area contributed by atoms with E-state index in [4.69, 9.17) is 4.65 Å². The molecule has 0 atom stereocenters. The van der Waals surface area contributed by atoms with Crippen LogP contribution in [0.25, 0.3) is 45.2 Å². The number of fused-ring (bicyclic) bond motifs is 2. The van der Waals surface area contributed by atoms with Gasteiger partial charge in [0.2, 0.25) is 0 Å². The molecule has 1 radical (unpaired) electrons. The Morgan fingerprint density at radius 2 is 1.20 bits per heavy atom. The van der Waals surface area contributed by atoms with E-state index in [9.17, 15) is 5.11 Å². The molecule has 0 saturated heterocycles. The van der Waals surface area contributed by atoms with Gasteiger partial charge in [-0.2, -0.15) is 0 Å². The lowest BCUT2D eigenvalue weighted by Crippen LogP contribution is -2.49. The van der Waals surface area contributed by atoms with Crippen molar-refractivity contribution in [1.82, 2.24) is 0 Å². The van der Waals surface area contributed by atoms with Gasteiger partial charge >= 0.3 is 7.48 Å². The summed E-state index contributed by atoms with van der Waals surface area (Å²) < 4.78 is 6.11. The van der Waals surface area contributed by atoms with E-state index in [-0.39, 0.29) is 0 Å². The Morgan fingerprint density at radius 1 is 0.686 bits per heavy atom. The van der Waals surface area contributed by atoms with E-state index in [1.807, 2.05) is 13.8 Å². The van der Waals surface area contributed by atoms with Crippen molar-refractivity contribution in [3.63, 3.8) is 0 Å². The molecule has 1 aliphatic carbocycles. The zero-order chi connectivity index (χ0) is 24.6. The maximum absolute atomic E-state index is 10.5. The molecule has 1 N–H and O–H groups in total. The van der Waals surface area contributed by atoms with Crippen molar-refractivity contribution < 1.29 is 9.76 Å². The first-order chi connectivity index (χ1) is 16.8. The van der Waals surface area contributed by atoms with Crippen LogP contribution in [0.5, 0.6) is 0 Å². The maximum atomic E-state index is 10.5. The lowest BCUT2D eigenvalue weighted by atomic mass is 9.79. The largest absolute Gasteiger partial charge is 0.427 e. The van der Waals surface area contributed by atoms with E-state index < -0.39 is 11.2 Å². The number of hydrogen-bond donors (Lipinski definition) is 1. The highest BCUT2D eigenvalue weighted by molar-refractivity contribution is 6.47. The topological polar surface area (TPSA) is 29.5 Å². The van der Waals surface area contributed by atoms with Gasteiger partial charge in [-0.3, -0.25) is 0 Å². The number of hydrogen-bond acceptors (Lipinski definition) is 2. The minimum atomic E-state index is -0.972. The van der Waals surface area contributed by atoms with E-state index >= 15 is 0 Å². The second-order valence-electron chi connectivity index (χ2n) is 10.4. The summed E-state index contributed by atoms with van der Waals surface area (Å²) in [4.78, 5) is 0. The molecule has 0 fully saturated rings. The third kappa shape index (κ3) is 4.47. The molecule has 5 rings (SSSR count). The Kier molecular flexibility index (Phi) is 6.17. The standard InChI is InChI=1S/C32H32BO2/c1-31(2,34)32(3,4)35-33-24-19-20-27-28(21-24)30(23-15-9-6-10-16-23)26-18-12-11-17-25(26)29(27)22-13-7-5-8-14-22/h5-10,13-21,34H,11-12H2,1-4H3. The van der Waals surface area contributed by atoms with Gasteiger partial charge in [0.05, 0.1) is 11.2 Å². The molecule has 0 aliphatic heterocycles. The van der Waals surface area contributed by atoms with Crippen molar-refractivity contribution in [2.75, 3.05) is 0 Å². The van der Waals surface area contributed by atoms with E-state index in [0.29, 0.717) is 0 Å². The number of benzene rings is 4. The molecule has 3 heteroatoms. The van der Waals surface area contributed by atoms with Gasteiger partial charge in [0.25, 0.3) is 0 Å². The molecule has 35 heavy (non-hydrogen) atoms. The quantitative estimate of drug-likeness (QED) is 0.395. The predicted octanol–water partition coefficient (Wildman–Crippen LogP) is 5.34. The molecule has 0 heterocycles. The summed E-state index contributed by atoms with van der Waals surface area (Å²) in [6, 6.07) is 27.9. The van der Waals surface area contributed by atoms with E-state index in [2.05, 4.69) is 91.0 Å². The molecule has 0 aromatic heterocycles. The summed E-state index contributed by atoms with van der Waals surface area (Å²) in [6.45, 7) is 7.38. The summed E-state index contributed by atoms with van der Waals surface area (Å²) in [5.74, 6) is 0. The van der Waals surface area contributed by atoms with Crippen LogP contribution in [0.15, 0.2) is 78.9 Å². The summed E-state index contributed by atoms with van der Waals surface area (Å²) in [5.41, 5.74) is 4.29. The summed E-state index contributed by atoms with van der Waals surface area (Å²) in [5, 5.41) is 15.6. The van der Waals surface area contributed by atoms with Gasteiger partial charge in [0, 0.05) is 0 Å². The summed E-state index contributed by atoms with van der Waals surface area (Å²) in [6.07, 6.45) is 6.89. The minimum absolute atomic E-state index is 0.724. The van der Waals surface area contributed by atoms with Gasteiger partial charge in [0.15, 0.2) is 0 Å². The van der Waals surface area contributed by atoms with Gasteiger partial charge in [-0.25, -0.2) is 0 Å². The fourth-order valence-electron chi connectivity index (χ4n) is 4.69. The molecule has 0 saturated carbocycles. The fraction of sp³-hybridized carbons (Fsp3) is 0.250. The van der Waals surface area contributed by atoms with Gasteiger partial charge in [-0.1, -0.05) is 96.5 Å². The van der Waals surface area contributed by atoms with Crippen LogP contribution >= 0.6 is 0 Å². The summed E-state index contributed by atoms with van der Waals surface area (Å²) in [7, 11) is 1.78. The first kappa shape index (κ1) is 23.6. The van der Waals surface area contributed by atoms with E-state index in [1.54, 1.807) is 21.3 Å². The Morgan fingerprint density at radius 3 is 1.71 bits per heavy atom. The fourth-order valence-corrected chi connectivity index (χ4v) is 4.69. The van der Waals surface area contributed by atoms with E-state index in [1.165, 1.54) is 43.5 Å². The zero-order valence-corrected chi connectivity index (χ0v) is 21.0. The Balaban J connectivity index is 1.78. The van der Waals surface area contributed by atoms with Gasteiger partial charge in [-0.15, -0.1) is 0 Å². The third-order valence-electron chi connectivity index (χ3n) is 7.36. The first-order valence-corrected chi connectivity index (χ1v) is 12.4. The van der Waals surface area contributed by atoms with Crippen LogP contribution in [-0.4, -0.2) is 23.8 Å². The van der Waals surface area contributed by atoms with Gasteiger partial charge in [0.1, 0.15) is 0 Å². The average molecular weight is 459 g/mol. The molecule has 0 spiro atoms. The highest BCUT2D eigenvalue weighted by Gasteiger charge is 2.35. The van der Waals surface area contributed by atoms with Crippen molar-refractivity contribution in [3.8, 4) is 22.3 Å². The van der Waals surface area contributed by atoms with Crippen LogP contribution in [0.1, 0.15) is 40.5 Å². The molecule has 2 nitrogen and oxygen atoms in total. The van der Waals surface area contributed by atoms with Crippen molar-refractivity contribution in [2.24, 2.45) is 0 Å². The van der Waals surface area contributed by atoms with Crippen molar-refractivity contribution >= 4 is 35.9 Å². The molecule has 0 bridgehead atoms.